The van der Waals surface area contributed by atoms with Crippen LogP contribution in [0.25, 0.3) is 0 Å². The van der Waals surface area contributed by atoms with E-state index in [-0.39, 0.29) is 11.7 Å². The van der Waals surface area contributed by atoms with Crippen LogP contribution in [0.15, 0.2) is 36.9 Å². The number of anilines is 1. The molecule has 0 unspecified atom stereocenters. The summed E-state index contributed by atoms with van der Waals surface area (Å²) in [6.07, 6.45) is 0.0499. The fraction of sp³-hybridized carbons (Fsp3) is 0.286. The molecule has 1 heterocycles. The SMILES string of the molecule is C[C@H](Cn1ccnc1)NC(=O)Nc1ccc(F)c(C(F)(F)F)c1. The number of aromatic nitrogens is 2. The molecule has 9 heteroatoms. The molecule has 124 valence electrons. The number of imidazole rings is 1. The molecule has 0 fully saturated rings. The van der Waals surface area contributed by atoms with E-state index in [1.807, 2.05) is 0 Å². The summed E-state index contributed by atoms with van der Waals surface area (Å²) in [4.78, 5) is 15.6. The van der Waals surface area contributed by atoms with E-state index in [0.29, 0.717) is 18.7 Å². The van der Waals surface area contributed by atoms with Gasteiger partial charge in [0.1, 0.15) is 5.82 Å². The van der Waals surface area contributed by atoms with Gasteiger partial charge in [0.2, 0.25) is 0 Å². The van der Waals surface area contributed by atoms with Crippen molar-refractivity contribution in [2.45, 2.75) is 25.7 Å². The second-order valence-electron chi connectivity index (χ2n) is 4.95. The number of alkyl halides is 3. The van der Waals surface area contributed by atoms with Gasteiger partial charge in [0, 0.05) is 30.7 Å². The molecule has 0 radical (unpaired) electrons. The molecule has 1 aromatic heterocycles. The van der Waals surface area contributed by atoms with Crippen molar-refractivity contribution >= 4 is 11.7 Å². The topological polar surface area (TPSA) is 59.0 Å². The Bertz CT molecular complexity index is 670. The van der Waals surface area contributed by atoms with Crippen LogP contribution >= 0.6 is 0 Å². The van der Waals surface area contributed by atoms with Crippen LogP contribution < -0.4 is 10.6 Å². The predicted molar refractivity (Wildman–Crippen MR) is 75.2 cm³/mol. The number of urea groups is 1. The number of rotatable bonds is 4. The maximum absolute atomic E-state index is 13.2. The van der Waals surface area contributed by atoms with Crippen LogP contribution in [0, 0.1) is 5.82 Å². The number of nitrogens with zero attached hydrogens (tertiary/aromatic N) is 2. The van der Waals surface area contributed by atoms with E-state index in [4.69, 9.17) is 0 Å². The zero-order valence-corrected chi connectivity index (χ0v) is 12.1. The molecule has 0 aliphatic heterocycles. The molecule has 2 amide bonds. The monoisotopic (exact) mass is 330 g/mol. The van der Waals surface area contributed by atoms with Gasteiger partial charge in [-0.05, 0) is 25.1 Å². The number of halogens is 4. The summed E-state index contributed by atoms with van der Waals surface area (Å²) in [5.74, 6) is -1.39. The lowest BCUT2D eigenvalue weighted by Gasteiger charge is -2.16. The number of amides is 2. The molecular formula is C14H14F4N4O. The number of benzene rings is 1. The van der Waals surface area contributed by atoms with E-state index in [1.165, 1.54) is 0 Å². The van der Waals surface area contributed by atoms with Crippen LogP contribution in [0.5, 0.6) is 0 Å². The number of hydrogen-bond acceptors (Lipinski definition) is 2. The average molecular weight is 330 g/mol. The summed E-state index contributed by atoms with van der Waals surface area (Å²) in [7, 11) is 0. The quantitative estimate of drug-likeness (QED) is 0.846. The van der Waals surface area contributed by atoms with E-state index in [2.05, 4.69) is 15.6 Å². The summed E-state index contributed by atoms with van der Waals surface area (Å²) in [6.45, 7) is 2.18. The van der Waals surface area contributed by atoms with Crippen molar-refractivity contribution in [1.29, 1.82) is 0 Å². The first-order valence-electron chi connectivity index (χ1n) is 6.65. The highest BCUT2D eigenvalue weighted by Crippen LogP contribution is 2.32. The summed E-state index contributed by atoms with van der Waals surface area (Å²) < 4.78 is 52.7. The van der Waals surface area contributed by atoms with E-state index < -0.39 is 23.6 Å². The number of carbonyl (C=O) groups is 1. The van der Waals surface area contributed by atoms with Gasteiger partial charge in [-0.2, -0.15) is 13.2 Å². The zero-order valence-electron chi connectivity index (χ0n) is 12.1. The van der Waals surface area contributed by atoms with Gasteiger partial charge in [0.05, 0.1) is 11.9 Å². The molecule has 2 N–H and O–H groups in total. The number of carbonyl (C=O) groups excluding carboxylic acids is 1. The first-order valence-corrected chi connectivity index (χ1v) is 6.65. The van der Waals surface area contributed by atoms with E-state index >= 15 is 0 Å². The average Bonchev–Trinajstić information content (AvgIpc) is 2.92. The van der Waals surface area contributed by atoms with Crippen LogP contribution in [-0.4, -0.2) is 21.6 Å². The Labute approximate surface area is 129 Å². The predicted octanol–water partition coefficient (Wildman–Crippen LogP) is 3.25. The highest BCUT2D eigenvalue weighted by molar-refractivity contribution is 5.89. The molecule has 0 spiro atoms. The van der Waals surface area contributed by atoms with Crippen LogP contribution in [0.2, 0.25) is 0 Å². The highest BCUT2D eigenvalue weighted by atomic mass is 19.4. The minimum atomic E-state index is -4.83. The van der Waals surface area contributed by atoms with Gasteiger partial charge >= 0.3 is 12.2 Å². The standard InChI is InChI=1S/C14H14F4N4O/c1-9(7-22-5-4-19-8-22)20-13(23)21-10-2-3-12(15)11(6-10)14(16,17)18/h2-6,8-9H,7H2,1H3,(H2,20,21,23)/t9-/m1/s1. The van der Waals surface area contributed by atoms with Crippen molar-refractivity contribution in [2.24, 2.45) is 0 Å². The van der Waals surface area contributed by atoms with Gasteiger partial charge < -0.3 is 15.2 Å². The molecule has 5 nitrogen and oxygen atoms in total. The van der Waals surface area contributed by atoms with Gasteiger partial charge in [0.25, 0.3) is 0 Å². The molecule has 0 saturated heterocycles. The highest BCUT2D eigenvalue weighted by Gasteiger charge is 2.34. The molecular weight excluding hydrogens is 316 g/mol. The normalized spacial score (nSPS) is 12.7. The summed E-state index contributed by atoms with van der Waals surface area (Å²) in [5.41, 5.74) is -1.58. The minimum absolute atomic E-state index is 0.147. The Kier molecular flexibility index (Phi) is 4.87. The maximum Gasteiger partial charge on any atom is 0.419 e. The van der Waals surface area contributed by atoms with Crippen molar-refractivity contribution < 1.29 is 22.4 Å². The zero-order chi connectivity index (χ0) is 17.0. The lowest BCUT2D eigenvalue weighted by Crippen LogP contribution is -2.38. The molecule has 0 saturated carbocycles. The van der Waals surface area contributed by atoms with Crippen LogP contribution in [-0.2, 0) is 12.7 Å². The van der Waals surface area contributed by atoms with Gasteiger partial charge in [-0.1, -0.05) is 0 Å². The van der Waals surface area contributed by atoms with Crippen molar-refractivity contribution in [1.82, 2.24) is 14.9 Å². The molecule has 2 rings (SSSR count). The summed E-state index contributed by atoms with van der Waals surface area (Å²) in [6, 6.07) is 1.30. The summed E-state index contributed by atoms with van der Waals surface area (Å²) in [5, 5.41) is 4.82. The third-order valence-corrected chi connectivity index (χ3v) is 2.95. The van der Waals surface area contributed by atoms with Crippen LogP contribution in [0.1, 0.15) is 12.5 Å². The smallest absolute Gasteiger partial charge is 0.335 e. The fourth-order valence-corrected chi connectivity index (χ4v) is 1.97. The molecule has 0 aliphatic carbocycles. The molecule has 0 bridgehead atoms. The second-order valence-corrected chi connectivity index (χ2v) is 4.95. The Hall–Kier alpha value is -2.58. The Balaban J connectivity index is 1.97. The van der Waals surface area contributed by atoms with E-state index in [1.54, 1.807) is 30.2 Å². The second kappa shape index (κ2) is 6.67. The maximum atomic E-state index is 13.2. The Morgan fingerprint density at radius 1 is 1.39 bits per heavy atom. The van der Waals surface area contributed by atoms with Gasteiger partial charge in [0.15, 0.2) is 0 Å². The van der Waals surface area contributed by atoms with Gasteiger partial charge in [-0.25, -0.2) is 14.2 Å². The minimum Gasteiger partial charge on any atom is -0.335 e. The molecule has 2 aromatic rings. The van der Waals surface area contributed by atoms with Crippen molar-refractivity contribution in [2.75, 3.05) is 5.32 Å². The van der Waals surface area contributed by atoms with Crippen molar-refractivity contribution in [3.8, 4) is 0 Å². The van der Waals surface area contributed by atoms with Crippen LogP contribution in [0.4, 0.5) is 28.0 Å². The molecule has 1 atom stereocenters. The van der Waals surface area contributed by atoms with E-state index in [0.717, 1.165) is 6.07 Å². The Morgan fingerprint density at radius 3 is 2.74 bits per heavy atom. The number of nitrogens with one attached hydrogen (secondary N) is 2. The van der Waals surface area contributed by atoms with Gasteiger partial charge in [-0.3, -0.25) is 0 Å². The molecule has 0 aliphatic rings. The first-order chi connectivity index (χ1) is 10.8. The largest absolute Gasteiger partial charge is 0.419 e. The third kappa shape index (κ3) is 4.70. The first kappa shape index (κ1) is 16.8. The van der Waals surface area contributed by atoms with Gasteiger partial charge in [-0.15, -0.1) is 0 Å². The third-order valence-electron chi connectivity index (χ3n) is 2.95. The lowest BCUT2D eigenvalue weighted by molar-refractivity contribution is -0.139. The number of hydrogen-bond donors (Lipinski definition) is 2. The van der Waals surface area contributed by atoms with Crippen LogP contribution in [0.3, 0.4) is 0 Å². The van der Waals surface area contributed by atoms with Crippen molar-refractivity contribution in [3.05, 3.63) is 48.3 Å². The molecule has 1 aromatic carbocycles. The van der Waals surface area contributed by atoms with Crippen molar-refractivity contribution in [3.63, 3.8) is 0 Å². The lowest BCUT2D eigenvalue weighted by atomic mass is 10.2. The molecule has 23 heavy (non-hydrogen) atoms. The fourth-order valence-electron chi connectivity index (χ4n) is 1.97. The Morgan fingerprint density at radius 2 is 2.13 bits per heavy atom. The van der Waals surface area contributed by atoms with E-state index in [9.17, 15) is 22.4 Å². The summed E-state index contributed by atoms with van der Waals surface area (Å²) >= 11 is 0.